The minimum absolute atomic E-state index is 0.0166. The predicted octanol–water partition coefficient (Wildman–Crippen LogP) is 2.62. The van der Waals surface area contributed by atoms with Crippen molar-refractivity contribution in [2.75, 3.05) is 0 Å². The Morgan fingerprint density at radius 1 is 1.26 bits per heavy atom. The molecule has 0 saturated carbocycles. The van der Waals surface area contributed by atoms with E-state index in [1.54, 1.807) is 20.8 Å². The van der Waals surface area contributed by atoms with E-state index < -0.39 is 29.4 Å². The molecule has 1 amide bonds. The molecule has 0 aliphatic rings. The van der Waals surface area contributed by atoms with Crippen LogP contribution in [0.1, 0.15) is 32.8 Å². The second kappa shape index (κ2) is 8.31. The number of carbonyl (C=O) groups is 3. The van der Waals surface area contributed by atoms with Gasteiger partial charge in [0.15, 0.2) is 0 Å². The second-order valence-corrected chi connectivity index (χ2v) is 6.44. The lowest BCUT2D eigenvalue weighted by atomic mass is 9.77. The van der Waals surface area contributed by atoms with Gasteiger partial charge in [-0.3, -0.25) is 4.79 Å². The summed E-state index contributed by atoms with van der Waals surface area (Å²) in [5, 5.41) is 11.7. The van der Waals surface area contributed by atoms with E-state index in [4.69, 9.17) is 4.74 Å². The molecule has 126 valence electrons. The van der Waals surface area contributed by atoms with Crippen molar-refractivity contribution in [3.05, 3.63) is 35.9 Å². The monoisotopic (exact) mass is 321 g/mol. The number of carboxylic acids is 1. The van der Waals surface area contributed by atoms with E-state index in [2.05, 4.69) is 5.32 Å². The highest BCUT2D eigenvalue weighted by Gasteiger charge is 2.33. The quantitative estimate of drug-likeness (QED) is 0.753. The number of aliphatic carboxylic acids is 1. The zero-order valence-electron chi connectivity index (χ0n) is 13.6. The van der Waals surface area contributed by atoms with Crippen LogP contribution in [0.25, 0.3) is 0 Å². The minimum atomic E-state index is -0.996. The largest absolute Gasteiger partial charge is 0.481 e. The molecule has 1 aromatic rings. The summed E-state index contributed by atoms with van der Waals surface area (Å²) in [7, 11) is 0. The van der Waals surface area contributed by atoms with E-state index in [9.17, 15) is 19.5 Å². The van der Waals surface area contributed by atoms with Gasteiger partial charge in [0.25, 0.3) is 0 Å². The first-order valence-corrected chi connectivity index (χ1v) is 7.39. The normalized spacial score (nSPS) is 13.7. The van der Waals surface area contributed by atoms with Crippen LogP contribution in [0.2, 0.25) is 0 Å². The van der Waals surface area contributed by atoms with Gasteiger partial charge in [-0.05, 0) is 17.4 Å². The van der Waals surface area contributed by atoms with Crippen LogP contribution >= 0.6 is 0 Å². The van der Waals surface area contributed by atoms with Crippen molar-refractivity contribution in [3.63, 3.8) is 0 Å². The van der Waals surface area contributed by atoms with E-state index >= 15 is 0 Å². The van der Waals surface area contributed by atoms with E-state index in [1.165, 1.54) is 0 Å². The van der Waals surface area contributed by atoms with Crippen molar-refractivity contribution in [3.8, 4) is 0 Å². The van der Waals surface area contributed by atoms with Gasteiger partial charge >= 0.3 is 12.1 Å². The molecule has 1 aromatic carbocycles. The third-order valence-electron chi connectivity index (χ3n) is 3.51. The summed E-state index contributed by atoms with van der Waals surface area (Å²) >= 11 is 0. The van der Waals surface area contributed by atoms with Gasteiger partial charge in [0, 0.05) is 0 Å². The van der Waals surface area contributed by atoms with Gasteiger partial charge in [0.1, 0.15) is 12.9 Å². The van der Waals surface area contributed by atoms with E-state index in [-0.39, 0.29) is 13.0 Å². The molecule has 0 aromatic heterocycles. The van der Waals surface area contributed by atoms with Gasteiger partial charge in [-0.15, -0.1) is 0 Å². The third kappa shape index (κ3) is 6.50. The van der Waals surface area contributed by atoms with Gasteiger partial charge in [-0.2, -0.15) is 0 Å². The number of carboxylic acid groups (broad SMARTS) is 1. The number of carbonyl (C=O) groups excluding carboxylic acids is 2. The summed E-state index contributed by atoms with van der Waals surface area (Å²) in [6, 6.07) is 8.22. The van der Waals surface area contributed by atoms with E-state index in [0.29, 0.717) is 6.29 Å². The van der Waals surface area contributed by atoms with Crippen molar-refractivity contribution in [1.82, 2.24) is 5.32 Å². The maximum absolute atomic E-state index is 11.7. The summed E-state index contributed by atoms with van der Waals surface area (Å²) in [6.07, 6.45) is -0.196. The van der Waals surface area contributed by atoms with Crippen molar-refractivity contribution in [1.29, 1.82) is 0 Å². The summed E-state index contributed by atoms with van der Waals surface area (Å²) < 4.78 is 5.03. The number of alkyl carbamates (subject to hydrolysis) is 1. The van der Waals surface area contributed by atoms with Crippen molar-refractivity contribution in [2.45, 2.75) is 39.8 Å². The molecule has 2 N–H and O–H groups in total. The Bertz CT molecular complexity index is 536. The first-order valence-electron chi connectivity index (χ1n) is 7.39. The molecule has 0 saturated heterocycles. The van der Waals surface area contributed by atoms with Gasteiger partial charge in [0.2, 0.25) is 0 Å². The molecule has 2 atom stereocenters. The molecule has 0 spiro atoms. The SMILES string of the molecule is CC(C)(C)C(C[C@@H](C=O)NC(=O)OCc1ccccc1)C(=O)O. The summed E-state index contributed by atoms with van der Waals surface area (Å²) in [4.78, 5) is 34.2. The number of amides is 1. The Balaban J connectivity index is 2.56. The lowest BCUT2D eigenvalue weighted by Gasteiger charge is -2.28. The summed E-state index contributed by atoms with van der Waals surface area (Å²) in [6.45, 7) is 5.42. The molecule has 6 heteroatoms. The number of ether oxygens (including phenoxy) is 1. The molecule has 0 fully saturated rings. The molecule has 1 rings (SSSR count). The second-order valence-electron chi connectivity index (χ2n) is 6.44. The Hall–Kier alpha value is -2.37. The Morgan fingerprint density at radius 3 is 2.35 bits per heavy atom. The first kappa shape index (κ1) is 18.7. The molecule has 0 heterocycles. The van der Waals surface area contributed by atoms with Crippen molar-refractivity contribution >= 4 is 18.3 Å². The van der Waals surface area contributed by atoms with Crippen molar-refractivity contribution < 1.29 is 24.2 Å². The van der Waals surface area contributed by atoms with Gasteiger partial charge in [-0.25, -0.2) is 4.79 Å². The molecule has 23 heavy (non-hydrogen) atoms. The maximum Gasteiger partial charge on any atom is 0.408 e. The molecule has 0 aliphatic heterocycles. The average Bonchev–Trinajstić information content (AvgIpc) is 2.48. The first-order chi connectivity index (χ1) is 10.7. The topological polar surface area (TPSA) is 92.7 Å². The highest BCUT2D eigenvalue weighted by atomic mass is 16.5. The fourth-order valence-corrected chi connectivity index (χ4v) is 2.14. The van der Waals surface area contributed by atoms with Crippen LogP contribution < -0.4 is 5.32 Å². The molecule has 0 bridgehead atoms. The Labute approximate surface area is 135 Å². The van der Waals surface area contributed by atoms with Crippen LogP contribution in [0, 0.1) is 11.3 Å². The lowest BCUT2D eigenvalue weighted by Crippen LogP contribution is -2.41. The van der Waals surface area contributed by atoms with Crippen LogP contribution in [0.15, 0.2) is 30.3 Å². The zero-order valence-corrected chi connectivity index (χ0v) is 13.6. The van der Waals surface area contributed by atoms with Crippen LogP contribution in [0.3, 0.4) is 0 Å². The number of nitrogens with one attached hydrogen (secondary N) is 1. The smallest absolute Gasteiger partial charge is 0.408 e. The Kier molecular flexibility index (Phi) is 6.75. The van der Waals surface area contributed by atoms with Crippen LogP contribution in [-0.2, 0) is 20.9 Å². The maximum atomic E-state index is 11.7. The number of aldehydes is 1. The third-order valence-corrected chi connectivity index (χ3v) is 3.51. The fraction of sp³-hybridized carbons (Fsp3) is 0.471. The fourth-order valence-electron chi connectivity index (χ4n) is 2.14. The van der Waals surface area contributed by atoms with E-state index in [0.717, 1.165) is 5.56 Å². The van der Waals surface area contributed by atoms with Crippen LogP contribution in [0.5, 0.6) is 0 Å². The molecular weight excluding hydrogens is 298 g/mol. The van der Waals surface area contributed by atoms with Gasteiger partial charge < -0.3 is 20.0 Å². The van der Waals surface area contributed by atoms with E-state index in [1.807, 2.05) is 30.3 Å². The molecule has 6 nitrogen and oxygen atoms in total. The average molecular weight is 321 g/mol. The highest BCUT2D eigenvalue weighted by molar-refractivity contribution is 5.75. The molecule has 0 aliphatic carbocycles. The van der Waals surface area contributed by atoms with Gasteiger partial charge in [-0.1, -0.05) is 51.1 Å². The zero-order chi connectivity index (χ0) is 17.5. The van der Waals surface area contributed by atoms with Crippen LogP contribution in [-0.4, -0.2) is 29.5 Å². The minimum Gasteiger partial charge on any atom is -0.481 e. The number of rotatable bonds is 7. The predicted molar refractivity (Wildman–Crippen MR) is 84.8 cm³/mol. The lowest BCUT2D eigenvalue weighted by molar-refractivity contribution is -0.146. The molecular formula is C17H23NO5. The molecule has 1 unspecified atom stereocenters. The van der Waals surface area contributed by atoms with Crippen LogP contribution in [0.4, 0.5) is 4.79 Å². The van der Waals surface area contributed by atoms with Crippen molar-refractivity contribution in [2.24, 2.45) is 11.3 Å². The standard InChI is InChI=1S/C17H23NO5/c1-17(2,3)14(15(20)21)9-13(10-19)18-16(22)23-11-12-7-5-4-6-8-12/h4-8,10,13-14H,9,11H2,1-3H3,(H,18,22)(H,20,21)/t13-,14?/m0/s1. The highest BCUT2D eigenvalue weighted by Crippen LogP contribution is 2.29. The summed E-state index contributed by atoms with van der Waals surface area (Å²) in [5.41, 5.74) is 0.298. The Morgan fingerprint density at radius 2 is 1.87 bits per heavy atom. The number of hydrogen-bond acceptors (Lipinski definition) is 4. The summed E-state index contributed by atoms with van der Waals surface area (Å²) in [5.74, 6) is -1.75. The van der Waals surface area contributed by atoms with Gasteiger partial charge in [0.05, 0.1) is 12.0 Å². The number of hydrogen-bond donors (Lipinski definition) is 2. The number of benzene rings is 1. The molecule has 0 radical (unpaired) electrons.